The molecule has 0 saturated carbocycles. The van der Waals surface area contributed by atoms with E-state index in [-0.39, 0.29) is 12.8 Å². The number of fused-ring (bicyclic) bond motifs is 2. The lowest BCUT2D eigenvalue weighted by molar-refractivity contribution is 0.171. The number of aliphatic hydroxyl groups excluding tert-OH is 1. The van der Waals surface area contributed by atoms with Crippen LogP contribution in [0.2, 0.25) is 0 Å². The predicted molar refractivity (Wildman–Crippen MR) is 77.6 cm³/mol. The quantitative estimate of drug-likeness (QED) is 0.791. The molecule has 21 heavy (non-hydrogen) atoms. The van der Waals surface area contributed by atoms with Crippen LogP contribution in [-0.2, 0) is 6.42 Å². The summed E-state index contributed by atoms with van der Waals surface area (Å²) in [6.45, 7) is 2.77. The smallest absolute Gasteiger partial charge is 0.231 e. The molecule has 2 aliphatic rings. The molecule has 0 amide bonds. The summed E-state index contributed by atoms with van der Waals surface area (Å²) in [4.78, 5) is 2.16. The number of methoxy groups -OCH3 is 1. The molecule has 2 atom stereocenters. The maximum absolute atomic E-state index is 9.43. The lowest BCUT2D eigenvalue weighted by Gasteiger charge is -2.32. The van der Waals surface area contributed by atoms with Crippen molar-refractivity contribution in [3.8, 4) is 29.1 Å². The summed E-state index contributed by atoms with van der Waals surface area (Å²) in [6.07, 6.45) is 0.259. The lowest BCUT2D eigenvalue weighted by atomic mass is 9.91. The SMILES string of the molecule is COc1c2c(cc3c1[C@@H](C#C[C@H](C)O)N(C)CC3)OCO2. The Labute approximate surface area is 124 Å². The molecule has 5 heteroatoms. The molecule has 0 aromatic heterocycles. The van der Waals surface area contributed by atoms with Crippen molar-refractivity contribution in [2.45, 2.75) is 25.5 Å². The van der Waals surface area contributed by atoms with E-state index in [1.807, 2.05) is 13.1 Å². The Balaban J connectivity index is 2.14. The highest BCUT2D eigenvalue weighted by molar-refractivity contribution is 5.62. The zero-order valence-corrected chi connectivity index (χ0v) is 12.5. The van der Waals surface area contributed by atoms with Crippen molar-refractivity contribution in [2.75, 3.05) is 27.5 Å². The molecule has 0 bridgehead atoms. The Kier molecular flexibility index (Phi) is 3.66. The fourth-order valence-electron chi connectivity index (χ4n) is 2.81. The van der Waals surface area contributed by atoms with E-state index in [0.717, 1.165) is 24.3 Å². The molecule has 0 radical (unpaired) electrons. The summed E-state index contributed by atoms with van der Waals surface area (Å²) in [5.41, 5.74) is 2.18. The monoisotopic (exact) mass is 289 g/mol. The van der Waals surface area contributed by atoms with Gasteiger partial charge in [-0.3, -0.25) is 4.90 Å². The van der Waals surface area contributed by atoms with Gasteiger partial charge in [-0.05, 0) is 32.0 Å². The highest BCUT2D eigenvalue weighted by atomic mass is 16.7. The fraction of sp³-hybridized carbons (Fsp3) is 0.500. The third-order valence-electron chi connectivity index (χ3n) is 3.82. The van der Waals surface area contributed by atoms with Crippen molar-refractivity contribution in [3.05, 3.63) is 17.2 Å². The van der Waals surface area contributed by atoms with Gasteiger partial charge in [0.2, 0.25) is 12.5 Å². The average Bonchev–Trinajstić information content (AvgIpc) is 2.91. The minimum absolute atomic E-state index is 0.118. The Morgan fingerprint density at radius 3 is 3.00 bits per heavy atom. The second-order valence-electron chi connectivity index (χ2n) is 5.31. The molecule has 5 nitrogen and oxygen atoms in total. The Morgan fingerprint density at radius 2 is 2.29 bits per heavy atom. The van der Waals surface area contributed by atoms with E-state index >= 15 is 0 Å². The highest BCUT2D eigenvalue weighted by Gasteiger charge is 2.33. The van der Waals surface area contributed by atoms with Crippen LogP contribution in [0.3, 0.4) is 0 Å². The zero-order chi connectivity index (χ0) is 15.0. The fourth-order valence-corrected chi connectivity index (χ4v) is 2.81. The summed E-state index contributed by atoms with van der Waals surface area (Å²) in [6, 6.07) is 1.90. The molecular weight excluding hydrogens is 270 g/mol. The van der Waals surface area contributed by atoms with Crippen molar-refractivity contribution in [3.63, 3.8) is 0 Å². The van der Waals surface area contributed by atoms with Crippen LogP contribution in [0.5, 0.6) is 17.2 Å². The van der Waals surface area contributed by atoms with E-state index < -0.39 is 6.10 Å². The second-order valence-corrected chi connectivity index (χ2v) is 5.31. The van der Waals surface area contributed by atoms with Crippen molar-refractivity contribution >= 4 is 0 Å². The molecule has 2 aliphatic heterocycles. The summed E-state index contributed by atoms with van der Waals surface area (Å²) in [5.74, 6) is 8.06. The van der Waals surface area contributed by atoms with Crippen LogP contribution < -0.4 is 14.2 Å². The molecule has 0 unspecified atom stereocenters. The van der Waals surface area contributed by atoms with Gasteiger partial charge in [-0.2, -0.15) is 0 Å². The van der Waals surface area contributed by atoms with Crippen molar-refractivity contribution in [2.24, 2.45) is 0 Å². The highest BCUT2D eigenvalue weighted by Crippen LogP contribution is 2.49. The topological polar surface area (TPSA) is 51.2 Å². The summed E-state index contributed by atoms with van der Waals surface area (Å²) < 4.78 is 16.6. The first kappa shape index (κ1) is 14.1. The zero-order valence-electron chi connectivity index (χ0n) is 12.5. The van der Waals surface area contributed by atoms with Gasteiger partial charge in [0.15, 0.2) is 11.5 Å². The van der Waals surface area contributed by atoms with Crippen LogP contribution in [0.25, 0.3) is 0 Å². The number of hydrogen-bond donors (Lipinski definition) is 1. The van der Waals surface area contributed by atoms with E-state index in [1.54, 1.807) is 14.0 Å². The first-order valence-corrected chi connectivity index (χ1v) is 7.00. The number of nitrogens with zero attached hydrogens (tertiary/aromatic N) is 1. The normalized spacial score (nSPS) is 21.2. The summed E-state index contributed by atoms with van der Waals surface area (Å²) in [7, 11) is 3.65. The molecule has 1 aromatic carbocycles. The van der Waals surface area contributed by atoms with Gasteiger partial charge in [-0.15, -0.1) is 0 Å². The molecule has 2 heterocycles. The van der Waals surface area contributed by atoms with Gasteiger partial charge in [0.05, 0.1) is 7.11 Å². The van der Waals surface area contributed by atoms with Crippen LogP contribution in [0.4, 0.5) is 0 Å². The van der Waals surface area contributed by atoms with Crippen molar-refractivity contribution in [1.29, 1.82) is 0 Å². The largest absolute Gasteiger partial charge is 0.492 e. The molecule has 0 saturated heterocycles. The predicted octanol–water partition coefficient (Wildman–Crippen LogP) is 1.34. The maximum Gasteiger partial charge on any atom is 0.231 e. The third kappa shape index (κ3) is 2.41. The van der Waals surface area contributed by atoms with Crippen molar-refractivity contribution < 1.29 is 19.3 Å². The molecule has 0 aliphatic carbocycles. The number of ether oxygens (including phenoxy) is 3. The maximum atomic E-state index is 9.43. The molecule has 3 rings (SSSR count). The standard InChI is InChI=1S/C16H19NO4/c1-10(18)4-5-12-14-11(6-7-17(12)2)8-13-15(16(14)19-3)21-9-20-13/h8,10,12,18H,6-7,9H2,1-3H3/t10-,12+/m0/s1. The van der Waals surface area contributed by atoms with Crippen LogP contribution in [0.1, 0.15) is 24.1 Å². The molecule has 1 N–H and O–H groups in total. The van der Waals surface area contributed by atoms with Gasteiger partial charge in [0, 0.05) is 12.1 Å². The Morgan fingerprint density at radius 1 is 1.48 bits per heavy atom. The molecule has 0 fully saturated rings. The Hall–Kier alpha value is -1.90. The number of rotatable bonds is 1. The van der Waals surface area contributed by atoms with Crippen LogP contribution >= 0.6 is 0 Å². The number of hydrogen-bond acceptors (Lipinski definition) is 5. The van der Waals surface area contributed by atoms with E-state index in [0.29, 0.717) is 11.5 Å². The third-order valence-corrected chi connectivity index (χ3v) is 3.82. The molecule has 112 valence electrons. The first-order chi connectivity index (χ1) is 10.1. The minimum Gasteiger partial charge on any atom is -0.492 e. The van der Waals surface area contributed by atoms with Gasteiger partial charge in [-0.25, -0.2) is 0 Å². The van der Waals surface area contributed by atoms with E-state index in [4.69, 9.17) is 14.2 Å². The molecule has 0 spiro atoms. The summed E-state index contributed by atoms with van der Waals surface area (Å²) >= 11 is 0. The van der Waals surface area contributed by atoms with Gasteiger partial charge in [0.25, 0.3) is 0 Å². The number of benzene rings is 1. The van der Waals surface area contributed by atoms with Crippen LogP contribution in [-0.4, -0.2) is 43.6 Å². The van der Waals surface area contributed by atoms with Gasteiger partial charge in [0.1, 0.15) is 12.1 Å². The lowest BCUT2D eigenvalue weighted by Crippen LogP contribution is -2.32. The van der Waals surface area contributed by atoms with Gasteiger partial charge >= 0.3 is 0 Å². The minimum atomic E-state index is -0.649. The number of aliphatic hydroxyl groups is 1. The van der Waals surface area contributed by atoms with E-state index in [1.165, 1.54) is 5.56 Å². The van der Waals surface area contributed by atoms with Crippen molar-refractivity contribution in [1.82, 2.24) is 4.90 Å². The van der Waals surface area contributed by atoms with E-state index in [9.17, 15) is 5.11 Å². The average molecular weight is 289 g/mol. The first-order valence-electron chi connectivity index (χ1n) is 7.00. The molecule has 1 aromatic rings. The van der Waals surface area contributed by atoms with Crippen LogP contribution in [0.15, 0.2) is 6.07 Å². The van der Waals surface area contributed by atoms with Gasteiger partial charge < -0.3 is 19.3 Å². The summed E-state index contributed by atoms with van der Waals surface area (Å²) in [5, 5.41) is 9.43. The van der Waals surface area contributed by atoms with Crippen LogP contribution in [0, 0.1) is 11.8 Å². The van der Waals surface area contributed by atoms with Gasteiger partial charge in [-0.1, -0.05) is 11.8 Å². The number of likely N-dealkylation sites (N-methyl/N-ethyl adjacent to an activating group) is 1. The van der Waals surface area contributed by atoms with E-state index in [2.05, 4.69) is 16.7 Å². The molecular formula is C16H19NO4. The Bertz CT molecular complexity index is 615. The second kappa shape index (κ2) is 5.47.